The smallest absolute Gasteiger partial charge is 0.321 e. The first-order valence-electron chi connectivity index (χ1n) is 6.25. The molecule has 19 heavy (non-hydrogen) atoms. The highest BCUT2D eigenvalue weighted by molar-refractivity contribution is 7.13. The number of rotatable bonds is 3. The molecule has 0 saturated carbocycles. The van der Waals surface area contributed by atoms with Gasteiger partial charge in [0.2, 0.25) is 5.91 Å². The zero-order valence-corrected chi connectivity index (χ0v) is 12.1. The van der Waals surface area contributed by atoms with Gasteiger partial charge >= 0.3 is 6.03 Å². The number of hydrogen-bond donors (Lipinski definition) is 2. The second kappa shape index (κ2) is 5.56. The third kappa shape index (κ3) is 3.44. The molecule has 2 rings (SSSR count). The number of carbonyl (C=O) groups is 2. The van der Waals surface area contributed by atoms with E-state index in [1.807, 2.05) is 26.2 Å². The maximum Gasteiger partial charge on any atom is 0.321 e. The van der Waals surface area contributed by atoms with Crippen molar-refractivity contribution in [1.29, 1.82) is 0 Å². The summed E-state index contributed by atoms with van der Waals surface area (Å²) in [5.74, 6) is 0.0883. The van der Waals surface area contributed by atoms with Crippen LogP contribution in [0.5, 0.6) is 0 Å². The number of likely N-dealkylation sites (tertiary alicyclic amines) is 1. The predicted molar refractivity (Wildman–Crippen MR) is 74.3 cm³/mol. The van der Waals surface area contributed by atoms with E-state index in [4.69, 9.17) is 0 Å². The Morgan fingerprint density at radius 1 is 1.58 bits per heavy atom. The molecule has 0 aliphatic carbocycles. The lowest BCUT2D eigenvalue weighted by molar-refractivity contribution is -0.129. The number of hydrogen-bond acceptors (Lipinski definition) is 4. The molecule has 1 atom stereocenters. The number of anilines is 1. The van der Waals surface area contributed by atoms with E-state index >= 15 is 0 Å². The minimum Gasteiger partial charge on any atom is -0.338 e. The highest BCUT2D eigenvalue weighted by Gasteiger charge is 2.31. The number of thiazole rings is 1. The van der Waals surface area contributed by atoms with Gasteiger partial charge in [0.1, 0.15) is 0 Å². The standard InChI is InChI=1S/C12H18N4O2S/c1-7(2)16-5-9(4-10(16)17)14-11(18)15-12-13-8(3)6-19-12/h6-7,9H,4-5H2,1-3H3,(H2,13,14,15,18). The van der Waals surface area contributed by atoms with E-state index < -0.39 is 0 Å². The number of urea groups is 1. The predicted octanol–water partition coefficient (Wildman–Crippen LogP) is 1.58. The number of aryl methyl sites for hydroxylation is 1. The van der Waals surface area contributed by atoms with Gasteiger partial charge in [0, 0.05) is 24.4 Å². The molecule has 3 amide bonds. The van der Waals surface area contributed by atoms with Crippen molar-refractivity contribution in [2.75, 3.05) is 11.9 Å². The van der Waals surface area contributed by atoms with Crippen LogP contribution in [-0.2, 0) is 4.79 Å². The Morgan fingerprint density at radius 2 is 2.32 bits per heavy atom. The number of aromatic nitrogens is 1. The van der Waals surface area contributed by atoms with Gasteiger partial charge in [-0.3, -0.25) is 10.1 Å². The van der Waals surface area contributed by atoms with Crippen LogP contribution in [0.15, 0.2) is 5.38 Å². The summed E-state index contributed by atoms with van der Waals surface area (Å²) >= 11 is 1.38. The fourth-order valence-electron chi connectivity index (χ4n) is 2.06. The minimum atomic E-state index is -0.308. The van der Waals surface area contributed by atoms with Crippen LogP contribution >= 0.6 is 11.3 Å². The lowest BCUT2D eigenvalue weighted by Crippen LogP contribution is -2.40. The Labute approximate surface area is 116 Å². The van der Waals surface area contributed by atoms with E-state index in [1.165, 1.54) is 11.3 Å². The molecule has 0 radical (unpaired) electrons. The molecule has 0 bridgehead atoms. The Kier molecular flexibility index (Phi) is 4.04. The van der Waals surface area contributed by atoms with Crippen molar-refractivity contribution in [2.24, 2.45) is 0 Å². The number of nitrogens with one attached hydrogen (secondary N) is 2. The van der Waals surface area contributed by atoms with Gasteiger partial charge in [-0.2, -0.15) is 0 Å². The minimum absolute atomic E-state index is 0.0883. The first-order chi connectivity index (χ1) is 8.95. The maximum absolute atomic E-state index is 11.8. The molecule has 104 valence electrons. The molecular weight excluding hydrogens is 264 g/mol. The van der Waals surface area contributed by atoms with Crippen LogP contribution in [0, 0.1) is 6.92 Å². The zero-order valence-electron chi connectivity index (χ0n) is 11.3. The van der Waals surface area contributed by atoms with Crippen LogP contribution in [-0.4, -0.2) is 40.5 Å². The van der Waals surface area contributed by atoms with Gasteiger partial charge in [0.15, 0.2) is 5.13 Å². The summed E-state index contributed by atoms with van der Waals surface area (Å²) in [6, 6.07) is -0.266. The van der Waals surface area contributed by atoms with E-state index in [9.17, 15) is 9.59 Å². The van der Waals surface area contributed by atoms with E-state index in [0.717, 1.165) is 5.69 Å². The summed E-state index contributed by atoms with van der Waals surface area (Å²) in [7, 11) is 0. The highest BCUT2D eigenvalue weighted by Crippen LogP contribution is 2.16. The summed E-state index contributed by atoms with van der Waals surface area (Å²) in [4.78, 5) is 29.4. The Hall–Kier alpha value is -1.63. The molecule has 1 aliphatic heterocycles. The quantitative estimate of drug-likeness (QED) is 0.884. The van der Waals surface area contributed by atoms with Gasteiger partial charge in [-0.25, -0.2) is 9.78 Å². The van der Waals surface area contributed by atoms with Crippen LogP contribution in [0.4, 0.5) is 9.93 Å². The molecule has 1 saturated heterocycles. The lowest BCUT2D eigenvalue weighted by Gasteiger charge is -2.21. The first-order valence-corrected chi connectivity index (χ1v) is 7.13. The van der Waals surface area contributed by atoms with Crippen LogP contribution in [0.25, 0.3) is 0 Å². The monoisotopic (exact) mass is 282 g/mol. The second-order valence-electron chi connectivity index (χ2n) is 4.93. The van der Waals surface area contributed by atoms with Gasteiger partial charge in [-0.1, -0.05) is 0 Å². The van der Waals surface area contributed by atoms with Gasteiger partial charge in [0.05, 0.1) is 11.7 Å². The average Bonchev–Trinajstić information content (AvgIpc) is 2.85. The molecule has 2 heterocycles. The van der Waals surface area contributed by atoms with Gasteiger partial charge in [-0.05, 0) is 20.8 Å². The van der Waals surface area contributed by atoms with Crippen molar-refractivity contribution >= 4 is 28.4 Å². The van der Waals surface area contributed by atoms with Crippen LogP contribution in [0.3, 0.4) is 0 Å². The fraction of sp³-hybridized carbons (Fsp3) is 0.583. The van der Waals surface area contributed by atoms with Crippen molar-refractivity contribution < 1.29 is 9.59 Å². The summed E-state index contributed by atoms with van der Waals surface area (Å²) < 4.78 is 0. The molecule has 1 aliphatic rings. The van der Waals surface area contributed by atoms with Crippen molar-refractivity contribution in [3.05, 3.63) is 11.1 Å². The van der Waals surface area contributed by atoms with E-state index in [1.54, 1.807) is 4.90 Å². The fourth-order valence-corrected chi connectivity index (χ4v) is 2.74. The van der Waals surface area contributed by atoms with Crippen LogP contribution in [0.2, 0.25) is 0 Å². The van der Waals surface area contributed by atoms with Crippen LogP contribution < -0.4 is 10.6 Å². The SMILES string of the molecule is Cc1csc(NC(=O)NC2CC(=O)N(C(C)C)C2)n1. The second-order valence-corrected chi connectivity index (χ2v) is 5.79. The van der Waals surface area contributed by atoms with Crippen LogP contribution in [0.1, 0.15) is 26.0 Å². The summed E-state index contributed by atoms with van der Waals surface area (Å²) in [6.07, 6.45) is 0.364. The molecule has 6 nitrogen and oxygen atoms in total. The van der Waals surface area contributed by atoms with Crippen molar-refractivity contribution in [3.8, 4) is 0 Å². The molecule has 0 spiro atoms. The number of nitrogens with zero attached hydrogens (tertiary/aromatic N) is 2. The molecule has 1 unspecified atom stereocenters. The molecule has 0 aromatic carbocycles. The van der Waals surface area contributed by atoms with Crippen molar-refractivity contribution in [3.63, 3.8) is 0 Å². The largest absolute Gasteiger partial charge is 0.338 e. The normalized spacial score (nSPS) is 19.1. The molecule has 2 N–H and O–H groups in total. The van der Waals surface area contributed by atoms with E-state index in [-0.39, 0.29) is 24.0 Å². The van der Waals surface area contributed by atoms with Crippen molar-refractivity contribution in [1.82, 2.24) is 15.2 Å². The maximum atomic E-state index is 11.8. The van der Waals surface area contributed by atoms with E-state index in [2.05, 4.69) is 15.6 Å². The summed E-state index contributed by atoms with van der Waals surface area (Å²) in [5, 5.41) is 7.92. The number of amides is 3. The van der Waals surface area contributed by atoms with E-state index in [0.29, 0.717) is 18.1 Å². The number of carbonyl (C=O) groups excluding carboxylic acids is 2. The Balaban J connectivity index is 1.85. The van der Waals surface area contributed by atoms with Gasteiger partial charge in [-0.15, -0.1) is 11.3 Å². The third-order valence-corrected chi connectivity index (χ3v) is 3.83. The Bertz CT molecular complexity index is 486. The van der Waals surface area contributed by atoms with Gasteiger partial charge < -0.3 is 10.2 Å². The summed E-state index contributed by atoms with van der Waals surface area (Å²) in [6.45, 7) is 6.38. The molecule has 1 aromatic rings. The van der Waals surface area contributed by atoms with Gasteiger partial charge in [0.25, 0.3) is 0 Å². The molecule has 7 heteroatoms. The molecule has 1 fully saturated rings. The third-order valence-electron chi connectivity index (χ3n) is 2.96. The molecule has 1 aromatic heterocycles. The Morgan fingerprint density at radius 3 is 2.84 bits per heavy atom. The highest BCUT2D eigenvalue weighted by atomic mass is 32.1. The topological polar surface area (TPSA) is 74.3 Å². The first kappa shape index (κ1) is 13.8. The zero-order chi connectivity index (χ0) is 14.0. The average molecular weight is 282 g/mol. The van der Waals surface area contributed by atoms with Crippen molar-refractivity contribution in [2.45, 2.75) is 39.3 Å². The molecular formula is C12H18N4O2S. The lowest BCUT2D eigenvalue weighted by atomic mass is 10.3. The summed E-state index contributed by atoms with van der Waals surface area (Å²) in [5.41, 5.74) is 0.877.